The molecule has 1 aliphatic rings. The molecule has 1 heterocycles. The van der Waals surface area contributed by atoms with E-state index in [1.807, 2.05) is 6.92 Å². The molecule has 1 unspecified atom stereocenters. The van der Waals surface area contributed by atoms with E-state index in [0.29, 0.717) is 24.6 Å². The lowest BCUT2D eigenvalue weighted by molar-refractivity contribution is -0.383. The number of hydrogen-bond acceptors (Lipinski definition) is 5. The fourth-order valence-corrected chi connectivity index (χ4v) is 2.65. The van der Waals surface area contributed by atoms with Gasteiger partial charge >= 0.3 is 0 Å². The first kappa shape index (κ1) is 18.2. The Labute approximate surface area is 135 Å². The van der Waals surface area contributed by atoms with Gasteiger partial charge in [0.2, 0.25) is 0 Å². The number of anilines is 1. The maximum atomic E-state index is 12.4. The van der Waals surface area contributed by atoms with E-state index in [4.69, 9.17) is 11.5 Å². The van der Waals surface area contributed by atoms with E-state index in [1.165, 1.54) is 18.2 Å². The van der Waals surface area contributed by atoms with Crippen molar-refractivity contribution in [3.63, 3.8) is 0 Å². The highest BCUT2D eigenvalue weighted by molar-refractivity contribution is 5.95. The maximum absolute atomic E-state index is 12.4. The van der Waals surface area contributed by atoms with Gasteiger partial charge in [-0.05, 0) is 37.8 Å². The molecule has 1 saturated heterocycles. The minimum atomic E-state index is -0.575. The summed E-state index contributed by atoms with van der Waals surface area (Å²) in [5.74, 6) is 0.232. The van der Waals surface area contributed by atoms with Crippen molar-refractivity contribution >= 4 is 29.7 Å². The fourth-order valence-electron chi connectivity index (χ4n) is 2.65. The van der Waals surface area contributed by atoms with Crippen LogP contribution in [0, 0.1) is 16.0 Å². The van der Waals surface area contributed by atoms with Crippen molar-refractivity contribution in [3.8, 4) is 0 Å². The van der Waals surface area contributed by atoms with Gasteiger partial charge in [0.15, 0.2) is 0 Å². The van der Waals surface area contributed by atoms with Crippen molar-refractivity contribution < 1.29 is 9.72 Å². The lowest BCUT2D eigenvalue weighted by atomic mass is 9.90. The van der Waals surface area contributed by atoms with Crippen molar-refractivity contribution in [2.75, 3.05) is 18.8 Å². The third-order valence-electron chi connectivity index (χ3n) is 4.04. The number of nitro benzene ring substituents is 1. The number of halogens is 1. The largest absolute Gasteiger partial charge is 0.393 e. The zero-order chi connectivity index (χ0) is 15.6. The van der Waals surface area contributed by atoms with Crippen LogP contribution in [0.25, 0.3) is 0 Å². The molecular weight excluding hydrogens is 308 g/mol. The number of nitrogen functional groups attached to an aromatic ring is 1. The number of nitrogens with two attached hydrogens (primary N) is 2. The summed E-state index contributed by atoms with van der Waals surface area (Å²) in [7, 11) is 0. The number of piperidine rings is 1. The molecule has 0 aromatic heterocycles. The van der Waals surface area contributed by atoms with Gasteiger partial charge in [-0.1, -0.05) is 0 Å². The second kappa shape index (κ2) is 7.42. The minimum Gasteiger partial charge on any atom is -0.393 e. The zero-order valence-electron chi connectivity index (χ0n) is 12.4. The Bertz CT molecular complexity index is 557. The number of benzene rings is 1. The van der Waals surface area contributed by atoms with Crippen LogP contribution in [0.15, 0.2) is 18.2 Å². The smallest absolute Gasteiger partial charge is 0.292 e. The van der Waals surface area contributed by atoms with E-state index in [9.17, 15) is 14.9 Å². The van der Waals surface area contributed by atoms with E-state index in [0.717, 1.165) is 12.8 Å². The molecule has 0 bridgehead atoms. The molecule has 8 heteroatoms. The third kappa shape index (κ3) is 3.86. The quantitative estimate of drug-likeness (QED) is 0.498. The Morgan fingerprint density at radius 1 is 1.41 bits per heavy atom. The molecule has 1 aliphatic heterocycles. The topological polar surface area (TPSA) is 115 Å². The molecule has 1 aromatic rings. The molecule has 122 valence electrons. The second-order valence-electron chi connectivity index (χ2n) is 5.52. The lowest BCUT2D eigenvalue weighted by Crippen LogP contribution is -2.42. The highest BCUT2D eigenvalue weighted by Crippen LogP contribution is 2.25. The van der Waals surface area contributed by atoms with Crippen molar-refractivity contribution in [3.05, 3.63) is 33.9 Å². The number of rotatable bonds is 3. The van der Waals surface area contributed by atoms with Gasteiger partial charge in [0, 0.05) is 30.8 Å². The first-order valence-corrected chi connectivity index (χ1v) is 6.99. The molecular formula is C14H21ClN4O3. The average Bonchev–Trinajstić information content (AvgIpc) is 2.46. The van der Waals surface area contributed by atoms with Crippen LogP contribution in [-0.4, -0.2) is 34.9 Å². The first-order valence-electron chi connectivity index (χ1n) is 6.99. The van der Waals surface area contributed by atoms with Gasteiger partial charge in [-0.3, -0.25) is 14.9 Å². The van der Waals surface area contributed by atoms with Gasteiger partial charge in [-0.2, -0.15) is 0 Å². The second-order valence-corrected chi connectivity index (χ2v) is 5.52. The van der Waals surface area contributed by atoms with Crippen LogP contribution in [0.4, 0.5) is 11.4 Å². The fraction of sp³-hybridized carbons (Fsp3) is 0.500. The van der Waals surface area contributed by atoms with Gasteiger partial charge in [-0.25, -0.2) is 0 Å². The Morgan fingerprint density at radius 3 is 2.50 bits per heavy atom. The lowest BCUT2D eigenvalue weighted by Gasteiger charge is -2.33. The van der Waals surface area contributed by atoms with E-state index in [-0.39, 0.29) is 35.7 Å². The summed E-state index contributed by atoms with van der Waals surface area (Å²) in [6.45, 7) is 3.23. The van der Waals surface area contributed by atoms with Gasteiger partial charge in [0.05, 0.1) is 4.92 Å². The number of nitrogens with zero attached hydrogens (tertiary/aromatic N) is 2. The number of hydrogen-bond donors (Lipinski definition) is 2. The van der Waals surface area contributed by atoms with Gasteiger partial charge in [0.1, 0.15) is 5.69 Å². The SMILES string of the molecule is CC(N)C1CCN(C(=O)c2ccc(N)c([N+](=O)[O-])c2)CC1.Cl. The number of nitro groups is 1. The van der Waals surface area contributed by atoms with Gasteiger partial charge in [0.25, 0.3) is 11.6 Å². The summed E-state index contributed by atoms with van der Waals surface area (Å²) in [5, 5.41) is 10.9. The van der Waals surface area contributed by atoms with E-state index in [2.05, 4.69) is 0 Å². The van der Waals surface area contributed by atoms with Crippen molar-refractivity contribution in [2.45, 2.75) is 25.8 Å². The van der Waals surface area contributed by atoms with Crippen LogP contribution in [0.3, 0.4) is 0 Å². The van der Waals surface area contributed by atoms with Crippen molar-refractivity contribution in [2.24, 2.45) is 11.7 Å². The standard InChI is InChI=1S/C14H20N4O3.ClH/c1-9(15)10-4-6-17(7-5-10)14(19)11-2-3-12(16)13(8-11)18(20)21;/h2-3,8-10H,4-7,15-16H2,1H3;1H. The summed E-state index contributed by atoms with van der Waals surface area (Å²) < 4.78 is 0. The Balaban J connectivity index is 0.00000242. The van der Waals surface area contributed by atoms with Crippen molar-refractivity contribution in [1.29, 1.82) is 0 Å². The molecule has 1 aromatic carbocycles. The number of amides is 1. The highest BCUT2D eigenvalue weighted by Gasteiger charge is 2.26. The van der Waals surface area contributed by atoms with Crippen LogP contribution in [0.5, 0.6) is 0 Å². The van der Waals surface area contributed by atoms with E-state index >= 15 is 0 Å². The Morgan fingerprint density at radius 2 is 2.00 bits per heavy atom. The first-order chi connectivity index (χ1) is 9.90. The summed E-state index contributed by atoms with van der Waals surface area (Å²) in [4.78, 5) is 24.4. The molecule has 2 rings (SSSR count). The number of likely N-dealkylation sites (tertiary alicyclic amines) is 1. The predicted octanol–water partition coefficient (Wildman–Crippen LogP) is 1.80. The van der Waals surface area contributed by atoms with Gasteiger partial charge < -0.3 is 16.4 Å². The molecule has 1 amide bonds. The summed E-state index contributed by atoms with van der Waals surface area (Å²) in [6, 6.07) is 4.30. The number of carbonyl (C=O) groups is 1. The molecule has 1 fully saturated rings. The van der Waals surface area contributed by atoms with Crippen LogP contribution in [0.2, 0.25) is 0 Å². The molecule has 7 nitrogen and oxygen atoms in total. The maximum Gasteiger partial charge on any atom is 0.292 e. The number of carbonyl (C=O) groups excluding carboxylic acids is 1. The van der Waals surface area contributed by atoms with Crippen molar-refractivity contribution in [1.82, 2.24) is 4.90 Å². The summed E-state index contributed by atoms with van der Waals surface area (Å²) >= 11 is 0. The molecule has 0 spiro atoms. The Hall–Kier alpha value is -1.86. The van der Waals surface area contributed by atoms with Gasteiger partial charge in [-0.15, -0.1) is 12.4 Å². The minimum absolute atomic E-state index is 0. The molecule has 1 atom stereocenters. The van der Waals surface area contributed by atoms with Crippen LogP contribution < -0.4 is 11.5 Å². The Kier molecular flexibility index (Phi) is 6.13. The summed E-state index contributed by atoms with van der Waals surface area (Å²) in [5.41, 5.74) is 11.6. The van der Waals surface area contributed by atoms with Crippen LogP contribution in [0.1, 0.15) is 30.1 Å². The molecule has 0 saturated carbocycles. The molecule has 4 N–H and O–H groups in total. The van der Waals surface area contributed by atoms with Crippen LogP contribution in [-0.2, 0) is 0 Å². The predicted molar refractivity (Wildman–Crippen MR) is 87.0 cm³/mol. The molecule has 0 aliphatic carbocycles. The summed E-state index contributed by atoms with van der Waals surface area (Å²) in [6.07, 6.45) is 1.72. The average molecular weight is 329 g/mol. The van der Waals surface area contributed by atoms with E-state index in [1.54, 1.807) is 4.90 Å². The monoisotopic (exact) mass is 328 g/mol. The highest BCUT2D eigenvalue weighted by atomic mass is 35.5. The van der Waals surface area contributed by atoms with E-state index < -0.39 is 4.92 Å². The zero-order valence-corrected chi connectivity index (χ0v) is 13.2. The molecule has 22 heavy (non-hydrogen) atoms. The van der Waals surface area contributed by atoms with Crippen LogP contribution >= 0.6 is 12.4 Å². The molecule has 0 radical (unpaired) electrons. The normalized spacial score (nSPS) is 16.7. The third-order valence-corrected chi connectivity index (χ3v) is 4.04.